The summed E-state index contributed by atoms with van der Waals surface area (Å²) in [5, 5.41) is 37.2. The number of carbonyl (C=O) groups excluding carboxylic acids is 1. The van der Waals surface area contributed by atoms with Gasteiger partial charge in [-0.15, -0.1) is 24.8 Å². The first-order valence-corrected chi connectivity index (χ1v) is 7.78. The Balaban J connectivity index is 0.00000156. The van der Waals surface area contributed by atoms with Crippen molar-refractivity contribution in [3.05, 3.63) is 0 Å². The molecule has 2 saturated heterocycles. The van der Waals surface area contributed by atoms with Crippen LogP contribution in [-0.4, -0.2) is 89.9 Å². The fourth-order valence-electron chi connectivity index (χ4n) is 3.68. The Morgan fingerprint density at radius 1 is 1.04 bits per heavy atom. The molecule has 1 saturated carbocycles. The number of aliphatic hydroxyl groups is 3. The lowest BCUT2D eigenvalue weighted by molar-refractivity contribution is -0.420. The molecule has 9 atom stereocenters. The molecular formula is C14H26Cl2N2O7. The van der Waals surface area contributed by atoms with Gasteiger partial charge in [-0.3, -0.25) is 4.79 Å². The number of carbonyl (C=O) groups is 1. The quantitative estimate of drug-likeness (QED) is 0.351. The molecule has 0 radical (unpaired) electrons. The minimum atomic E-state index is -2.23. The summed E-state index contributed by atoms with van der Waals surface area (Å²) < 4.78 is 16.8. The molecule has 3 aliphatic rings. The zero-order valence-corrected chi connectivity index (χ0v) is 15.8. The maximum absolute atomic E-state index is 12.2. The third-order valence-electron chi connectivity index (χ3n) is 4.93. The van der Waals surface area contributed by atoms with Crippen LogP contribution in [0.25, 0.3) is 0 Å². The van der Waals surface area contributed by atoms with E-state index in [-0.39, 0.29) is 31.2 Å². The Hall–Kier alpha value is -0.0700. The van der Waals surface area contributed by atoms with E-state index in [9.17, 15) is 20.1 Å². The Bertz CT molecular complexity index is 488. The van der Waals surface area contributed by atoms with Gasteiger partial charge in [-0.25, -0.2) is 0 Å². The molecule has 0 spiro atoms. The van der Waals surface area contributed by atoms with Gasteiger partial charge in [0.05, 0.1) is 24.3 Å². The summed E-state index contributed by atoms with van der Waals surface area (Å²) in [4.78, 5) is 12.2. The van der Waals surface area contributed by atoms with Crippen molar-refractivity contribution in [2.75, 3.05) is 14.1 Å². The van der Waals surface area contributed by atoms with E-state index in [0.29, 0.717) is 0 Å². The van der Waals surface area contributed by atoms with Crippen LogP contribution in [0.1, 0.15) is 13.3 Å². The molecule has 1 unspecified atom stereocenters. The van der Waals surface area contributed by atoms with Gasteiger partial charge in [-0.2, -0.15) is 0 Å². The maximum atomic E-state index is 12.2. The van der Waals surface area contributed by atoms with Crippen LogP contribution in [0, 0.1) is 0 Å². The van der Waals surface area contributed by atoms with E-state index >= 15 is 0 Å². The number of aliphatic hydroxyl groups excluding tert-OH is 2. The van der Waals surface area contributed by atoms with Crippen LogP contribution in [0.2, 0.25) is 0 Å². The molecule has 2 heterocycles. The Morgan fingerprint density at radius 2 is 1.64 bits per heavy atom. The van der Waals surface area contributed by atoms with Gasteiger partial charge in [0.1, 0.15) is 18.3 Å². The summed E-state index contributed by atoms with van der Waals surface area (Å²) in [6.07, 6.45) is -5.58. The van der Waals surface area contributed by atoms with Gasteiger partial charge < -0.3 is 40.2 Å². The predicted molar refractivity (Wildman–Crippen MR) is 90.9 cm³/mol. The third kappa shape index (κ3) is 3.55. The van der Waals surface area contributed by atoms with E-state index in [0.717, 1.165) is 0 Å². The molecule has 3 fully saturated rings. The molecule has 3 rings (SSSR count). The van der Waals surface area contributed by atoms with E-state index in [2.05, 4.69) is 10.6 Å². The van der Waals surface area contributed by atoms with Gasteiger partial charge >= 0.3 is 0 Å². The topological polar surface area (TPSA) is 130 Å². The zero-order chi connectivity index (χ0) is 16.9. The van der Waals surface area contributed by atoms with E-state index in [1.54, 1.807) is 21.0 Å². The Kier molecular flexibility index (Phi) is 7.63. The summed E-state index contributed by atoms with van der Waals surface area (Å²) in [7, 11) is 3.24. The van der Waals surface area contributed by atoms with Crippen LogP contribution in [0.4, 0.5) is 0 Å². The fraction of sp³-hybridized carbons (Fsp3) is 0.929. The molecule has 1 aliphatic carbocycles. The lowest BCUT2D eigenvalue weighted by Gasteiger charge is -2.55. The molecular weight excluding hydrogens is 379 g/mol. The van der Waals surface area contributed by atoms with Crippen LogP contribution in [0.3, 0.4) is 0 Å². The number of halogens is 2. The highest BCUT2D eigenvalue weighted by Gasteiger charge is 2.63. The van der Waals surface area contributed by atoms with Crippen molar-refractivity contribution in [2.24, 2.45) is 0 Å². The van der Waals surface area contributed by atoms with Crippen LogP contribution < -0.4 is 10.6 Å². The molecule has 0 amide bonds. The number of nitrogens with one attached hydrogen (secondary N) is 2. The summed E-state index contributed by atoms with van der Waals surface area (Å²) >= 11 is 0. The molecule has 25 heavy (non-hydrogen) atoms. The minimum absolute atomic E-state index is 0. The number of rotatable bonds is 2. The molecule has 11 heteroatoms. The molecule has 5 N–H and O–H groups in total. The van der Waals surface area contributed by atoms with Gasteiger partial charge in [-0.1, -0.05) is 0 Å². The molecule has 148 valence electrons. The SMILES string of the molecule is CN[C@@H]1[C@H](O)[C@H](NC)[C@H]2O[C@@]3(O)C(=O)C[C@@H](C)O[C@H]3OC2[C@H]1O.Cl.Cl. The van der Waals surface area contributed by atoms with Crippen molar-refractivity contribution in [1.29, 1.82) is 0 Å². The van der Waals surface area contributed by atoms with E-state index in [4.69, 9.17) is 14.2 Å². The van der Waals surface area contributed by atoms with Crippen molar-refractivity contribution < 1.29 is 34.3 Å². The van der Waals surface area contributed by atoms with Gasteiger partial charge in [0.25, 0.3) is 5.79 Å². The van der Waals surface area contributed by atoms with Crippen molar-refractivity contribution in [3.8, 4) is 0 Å². The van der Waals surface area contributed by atoms with Crippen molar-refractivity contribution in [2.45, 2.75) is 68.0 Å². The zero-order valence-electron chi connectivity index (χ0n) is 14.1. The highest BCUT2D eigenvalue weighted by molar-refractivity contribution is 5.87. The normalized spacial score (nSPS) is 49.3. The van der Waals surface area contributed by atoms with Gasteiger partial charge in [0.15, 0.2) is 5.78 Å². The second kappa shape index (κ2) is 8.30. The average molecular weight is 405 g/mol. The summed E-state index contributed by atoms with van der Waals surface area (Å²) in [6, 6.07) is -1.29. The maximum Gasteiger partial charge on any atom is 0.280 e. The second-order valence-corrected chi connectivity index (χ2v) is 6.40. The van der Waals surface area contributed by atoms with Crippen molar-refractivity contribution in [3.63, 3.8) is 0 Å². The number of Topliss-reactive ketones (excluding diaryl/α,β-unsaturated/α-hetero) is 1. The molecule has 0 aromatic carbocycles. The summed E-state index contributed by atoms with van der Waals surface area (Å²) in [5.74, 6) is -2.76. The minimum Gasteiger partial charge on any atom is -0.390 e. The largest absolute Gasteiger partial charge is 0.390 e. The Morgan fingerprint density at radius 3 is 2.20 bits per heavy atom. The van der Waals surface area contributed by atoms with E-state index in [1.165, 1.54) is 0 Å². The third-order valence-corrected chi connectivity index (χ3v) is 4.93. The smallest absolute Gasteiger partial charge is 0.280 e. The first-order chi connectivity index (χ1) is 10.8. The highest BCUT2D eigenvalue weighted by Crippen LogP contribution is 2.40. The lowest BCUT2D eigenvalue weighted by Crippen LogP contribution is -2.77. The average Bonchev–Trinajstić information content (AvgIpc) is 2.49. The van der Waals surface area contributed by atoms with Gasteiger partial charge in [-0.05, 0) is 21.0 Å². The number of hydrogen-bond acceptors (Lipinski definition) is 9. The van der Waals surface area contributed by atoms with E-state index < -0.39 is 60.5 Å². The first kappa shape index (κ1) is 23.0. The van der Waals surface area contributed by atoms with Crippen LogP contribution >= 0.6 is 24.8 Å². The summed E-state index contributed by atoms with van der Waals surface area (Å²) in [5.41, 5.74) is 0. The molecule has 9 nitrogen and oxygen atoms in total. The van der Waals surface area contributed by atoms with E-state index in [1.807, 2.05) is 0 Å². The van der Waals surface area contributed by atoms with Crippen molar-refractivity contribution in [1.82, 2.24) is 10.6 Å². The van der Waals surface area contributed by atoms with Crippen LogP contribution in [-0.2, 0) is 19.0 Å². The molecule has 0 aromatic rings. The molecule has 2 aliphatic heterocycles. The van der Waals surface area contributed by atoms with Crippen LogP contribution in [0.15, 0.2) is 0 Å². The number of ether oxygens (including phenoxy) is 3. The van der Waals surface area contributed by atoms with Gasteiger partial charge in [0.2, 0.25) is 6.29 Å². The number of likely N-dealkylation sites (N-methyl/N-ethyl adjacent to an activating group) is 2. The fourth-order valence-corrected chi connectivity index (χ4v) is 3.68. The van der Waals surface area contributed by atoms with Crippen LogP contribution in [0.5, 0.6) is 0 Å². The highest BCUT2D eigenvalue weighted by atomic mass is 35.5. The lowest BCUT2D eigenvalue weighted by atomic mass is 9.80. The first-order valence-electron chi connectivity index (χ1n) is 7.78. The number of hydrogen-bond donors (Lipinski definition) is 5. The molecule has 0 aromatic heterocycles. The van der Waals surface area contributed by atoms with Gasteiger partial charge in [0, 0.05) is 6.42 Å². The summed E-state index contributed by atoms with van der Waals surface area (Å²) in [6.45, 7) is 1.70. The predicted octanol–water partition coefficient (Wildman–Crippen LogP) is -2.08. The van der Waals surface area contributed by atoms with Crippen molar-refractivity contribution >= 4 is 30.6 Å². The monoisotopic (exact) mass is 404 g/mol. The number of fused-ring (bicyclic) bond motifs is 2. The standard InChI is InChI=1S/C14H24N2O7.2ClH/c1-5-4-6(17)14(20)13(21-5)22-12-10(19)7(15-2)9(18)8(16-3)11(12)23-14;;/h5,7-13,15-16,18-20H,4H2,1-3H3;2*1H/t5-,7-,8+,9+,10+,11-,12?,13+,14+;;/m1../s1. The number of ketones is 1. The second-order valence-electron chi connectivity index (χ2n) is 6.40. The Labute approximate surface area is 158 Å². The molecule has 0 bridgehead atoms.